The van der Waals surface area contributed by atoms with Crippen molar-refractivity contribution in [1.29, 1.82) is 0 Å². The first kappa shape index (κ1) is 13.7. The highest BCUT2D eigenvalue weighted by Crippen LogP contribution is 2.30. The minimum absolute atomic E-state index is 0.0801. The van der Waals surface area contributed by atoms with Gasteiger partial charge in [-0.3, -0.25) is 9.78 Å². The predicted molar refractivity (Wildman–Crippen MR) is 79.2 cm³/mol. The van der Waals surface area contributed by atoms with Crippen LogP contribution in [-0.2, 0) is 4.79 Å². The van der Waals surface area contributed by atoms with Crippen molar-refractivity contribution in [3.63, 3.8) is 0 Å². The van der Waals surface area contributed by atoms with Crippen LogP contribution in [0.5, 0.6) is 0 Å². The van der Waals surface area contributed by atoms with Crippen molar-refractivity contribution in [2.75, 3.05) is 25.0 Å². The van der Waals surface area contributed by atoms with E-state index in [0.717, 1.165) is 12.2 Å². The first-order chi connectivity index (χ1) is 8.85. The molecule has 6 heteroatoms. The van der Waals surface area contributed by atoms with Crippen molar-refractivity contribution in [2.45, 2.75) is 19.4 Å². The van der Waals surface area contributed by atoms with Gasteiger partial charge in [-0.2, -0.15) is 0 Å². The Balaban J connectivity index is 2.47. The van der Waals surface area contributed by atoms with Gasteiger partial charge < -0.3 is 15.5 Å². The van der Waals surface area contributed by atoms with Crippen molar-refractivity contribution in [1.82, 2.24) is 9.88 Å². The quantitative estimate of drug-likeness (QED) is 0.810. The Labute approximate surface area is 118 Å². The maximum atomic E-state index is 12.3. The van der Waals surface area contributed by atoms with Crippen LogP contribution < -0.4 is 10.6 Å². The summed E-state index contributed by atoms with van der Waals surface area (Å²) in [7, 11) is 1.82. The van der Waals surface area contributed by atoms with Crippen molar-refractivity contribution < 1.29 is 4.79 Å². The van der Waals surface area contributed by atoms with Crippen LogP contribution in [0.15, 0.2) is 18.3 Å². The molecule has 2 N–H and O–H groups in total. The molecule has 0 aliphatic carbocycles. The fourth-order valence-electron chi connectivity index (χ4n) is 2.44. The van der Waals surface area contributed by atoms with E-state index >= 15 is 0 Å². The summed E-state index contributed by atoms with van der Waals surface area (Å²) in [6.45, 7) is 5.22. The number of likely N-dealkylation sites (N-methyl/N-ethyl adjacent to an activating group) is 1. The first-order valence-electron chi connectivity index (χ1n) is 6.13. The number of thiocarbonyl (C=S) groups is 1. The van der Waals surface area contributed by atoms with E-state index in [1.807, 2.05) is 37.9 Å². The summed E-state index contributed by atoms with van der Waals surface area (Å²) in [5.41, 5.74) is 6.48. The maximum Gasteiger partial charge on any atom is 0.247 e. The number of pyridine rings is 1. The van der Waals surface area contributed by atoms with Crippen LogP contribution in [-0.4, -0.2) is 46.5 Å². The zero-order chi connectivity index (χ0) is 14.2. The fraction of sp³-hybridized carbons (Fsp3) is 0.462. The van der Waals surface area contributed by atoms with E-state index in [1.165, 1.54) is 0 Å². The summed E-state index contributed by atoms with van der Waals surface area (Å²) in [5.74, 6) is 0.0801. The highest BCUT2D eigenvalue weighted by molar-refractivity contribution is 7.80. The lowest BCUT2D eigenvalue weighted by Gasteiger charge is -2.46. The zero-order valence-electron chi connectivity index (χ0n) is 11.4. The number of carbonyl (C=O) groups excluding carboxylic acids is 1. The van der Waals surface area contributed by atoms with Gasteiger partial charge in [-0.25, -0.2) is 0 Å². The van der Waals surface area contributed by atoms with Gasteiger partial charge in [0.1, 0.15) is 16.2 Å². The molecule has 5 nitrogen and oxygen atoms in total. The van der Waals surface area contributed by atoms with Crippen molar-refractivity contribution in [3.05, 3.63) is 24.0 Å². The zero-order valence-corrected chi connectivity index (χ0v) is 12.2. The van der Waals surface area contributed by atoms with E-state index in [4.69, 9.17) is 18.0 Å². The Hall–Kier alpha value is -1.69. The Kier molecular flexibility index (Phi) is 3.45. The van der Waals surface area contributed by atoms with E-state index in [1.54, 1.807) is 11.1 Å². The molecule has 0 atom stereocenters. The second kappa shape index (κ2) is 4.77. The second-order valence-electron chi connectivity index (χ2n) is 5.17. The average molecular weight is 278 g/mol. The topological polar surface area (TPSA) is 62.5 Å². The van der Waals surface area contributed by atoms with Crippen LogP contribution in [0.4, 0.5) is 5.69 Å². The normalized spacial score (nSPS) is 18.6. The summed E-state index contributed by atoms with van der Waals surface area (Å²) in [4.78, 5) is 20.6. The van der Waals surface area contributed by atoms with Gasteiger partial charge in [-0.1, -0.05) is 12.2 Å². The fourth-order valence-corrected chi connectivity index (χ4v) is 2.60. The number of amides is 1. The Bertz CT molecular complexity index is 529. The smallest absolute Gasteiger partial charge is 0.247 e. The molecule has 1 aromatic heterocycles. The number of hydrogen-bond acceptors (Lipinski definition) is 4. The molecule has 2 rings (SSSR count). The molecule has 0 radical (unpaired) electrons. The Morgan fingerprint density at radius 2 is 2.16 bits per heavy atom. The van der Waals surface area contributed by atoms with Gasteiger partial charge in [0, 0.05) is 26.3 Å². The standard InChI is InChI=1S/C13H18N4OS/c1-13(2)12(18)16(3)7-8-17(13)9-5-4-6-15-10(9)11(14)19/h4-6H,7-8H2,1-3H3,(H2,14,19). The molecule has 2 heterocycles. The lowest BCUT2D eigenvalue weighted by Crippen LogP contribution is -2.62. The van der Waals surface area contributed by atoms with Crippen LogP contribution in [0.25, 0.3) is 0 Å². The first-order valence-corrected chi connectivity index (χ1v) is 6.54. The highest BCUT2D eigenvalue weighted by Gasteiger charge is 2.41. The molecule has 102 valence electrons. The minimum Gasteiger partial charge on any atom is -0.388 e. The molecule has 0 spiro atoms. The van der Waals surface area contributed by atoms with Crippen molar-refractivity contribution in [3.8, 4) is 0 Å². The maximum absolute atomic E-state index is 12.3. The molecule has 19 heavy (non-hydrogen) atoms. The number of nitrogens with zero attached hydrogens (tertiary/aromatic N) is 3. The van der Waals surface area contributed by atoms with Gasteiger partial charge in [0.05, 0.1) is 5.69 Å². The average Bonchev–Trinajstić information content (AvgIpc) is 2.36. The summed E-state index contributed by atoms with van der Waals surface area (Å²) in [5, 5.41) is 0. The van der Waals surface area contributed by atoms with Crippen LogP contribution >= 0.6 is 12.2 Å². The number of hydrogen-bond donors (Lipinski definition) is 1. The second-order valence-corrected chi connectivity index (χ2v) is 5.61. The van der Waals surface area contributed by atoms with E-state index < -0.39 is 5.54 Å². The van der Waals surface area contributed by atoms with Gasteiger partial charge in [0.15, 0.2) is 0 Å². The van der Waals surface area contributed by atoms with Crippen LogP contribution in [0, 0.1) is 0 Å². The molecule has 1 saturated heterocycles. The van der Waals surface area contributed by atoms with Crippen molar-refractivity contribution in [2.24, 2.45) is 5.73 Å². The number of piperazine rings is 1. The molecule has 1 aromatic rings. The lowest BCUT2D eigenvalue weighted by molar-refractivity contribution is -0.136. The third-order valence-corrected chi connectivity index (χ3v) is 3.71. The molecule has 1 aliphatic rings. The van der Waals surface area contributed by atoms with E-state index in [9.17, 15) is 4.79 Å². The predicted octanol–water partition coefficient (Wildman–Crippen LogP) is 0.773. The molecular formula is C13H18N4OS. The summed E-state index contributed by atoms with van der Waals surface area (Å²) >= 11 is 5.04. The number of nitrogens with two attached hydrogens (primary N) is 1. The molecule has 1 aliphatic heterocycles. The number of rotatable bonds is 2. The minimum atomic E-state index is -0.629. The molecule has 0 aromatic carbocycles. The van der Waals surface area contributed by atoms with E-state index in [2.05, 4.69) is 4.98 Å². The summed E-state index contributed by atoms with van der Waals surface area (Å²) in [6, 6.07) is 3.73. The summed E-state index contributed by atoms with van der Waals surface area (Å²) < 4.78 is 0. The van der Waals surface area contributed by atoms with Crippen LogP contribution in [0.1, 0.15) is 19.5 Å². The van der Waals surface area contributed by atoms with E-state index in [0.29, 0.717) is 12.2 Å². The van der Waals surface area contributed by atoms with Gasteiger partial charge in [0.2, 0.25) is 5.91 Å². The number of anilines is 1. The molecule has 0 bridgehead atoms. The van der Waals surface area contributed by atoms with E-state index in [-0.39, 0.29) is 10.9 Å². The van der Waals surface area contributed by atoms with Gasteiger partial charge >= 0.3 is 0 Å². The molecule has 0 unspecified atom stereocenters. The van der Waals surface area contributed by atoms with Crippen LogP contribution in [0.2, 0.25) is 0 Å². The SMILES string of the molecule is CN1CCN(c2cccnc2C(N)=S)C(C)(C)C1=O. The highest BCUT2D eigenvalue weighted by atomic mass is 32.1. The third-order valence-electron chi connectivity index (χ3n) is 3.51. The molecule has 1 amide bonds. The van der Waals surface area contributed by atoms with Crippen LogP contribution in [0.3, 0.4) is 0 Å². The Morgan fingerprint density at radius 1 is 1.47 bits per heavy atom. The number of aromatic nitrogens is 1. The monoisotopic (exact) mass is 278 g/mol. The van der Waals surface area contributed by atoms with Gasteiger partial charge in [-0.05, 0) is 26.0 Å². The Morgan fingerprint density at radius 3 is 2.79 bits per heavy atom. The lowest BCUT2D eigenvalue weighted by atomic mass is 9.96. The number of carbonyl (C=O) groups is 1. The van der Waals surface area contributed by atoms with Crippen molar-refractivity contribution >= 4 is 28.8 Å². The largest absolute Gasteiger partial charge is 0.388 e. The molecule has 0 saturated carbocycles. The van der Waals surface area contributed by atoms with Gasteiger partial charge in [-0.15, -0.1) is 0 Å². The molecular weight excluding hydrogens is 260 g/mol. The third kappa shape index (κ3) is 2.28. The van der Waals surface area contributed by atoms with Gasteiger partial charge in [0.25, 0.3) is 0 Å². The summed E-state index contributed by atoms with van der Waals surface area (Å²) in [6.07, 6.45) is 1.66. The molecule has 1 fully saturated rings.